The van der Waals surface area contributed by atoms with Crippen LogP contribution in [0.5, 0.6) is 0 Å². The quantitative estimate of drug-likeness (QED) is 0.270. The fraction of sp³-hybridized carbons (Fsp3) is 0. The van der Waals surface area contributed by atoms with Crippen molar-refractivity contribution in [1.82, 2.24) is 23.9 Å². The first-order chi connectivity index (χ1) is 16.9. The predicted octanol–water partition coefficient (Wildman–Crippen LogP) is 6.68. The van der Waals surface area contributed by atoms with Gasteiger partial charge in [0.25, 0.3) is 0 Å². The number of aromatic nitrogens is 5. The molecule has 0 aliphatic rings. The van der Waals surface area contributed by atoms with E-state index in [2.05, 4.69) is 86.7 Å². The van der Waals surface area contributed by atoms with Crippen LogP contribution in [0.25, 0.3) is 66.1 Å². The molecule has 0 aliphatic heterocycles. The van der Waals surface area contributed by atoms with Gasteiger partial charge < -0.3 is 4.57 Å². The van der Waals surface area contributed by atoms with Gasteiger partial charge in [0.05, 0.1) is 22.1 Å². The van der Waals surface area contributed by atoms with Crippen molar-refractivity contribution in [3.8, 4) is 5.69 Å². The highest BCUT2D eigenvalue weighted by Gasteiger charge is 2.19. The van der Waals surface area contributed by atoms with E-state index in [1.165, 1.54) is 16.3 Å². The van der Waals surface area contributed by atoms with E-state index >= 15 is 0 Å². The summed E-state index contributed by atoms with van der Waals surface area (Å²) in [5.41, 5.74) is 8.07. The summed E-state index contributed by atoms with van der Waals surface area (Å²) in [6.45, 7) is 0. The summed E-state index contributed by atoms with van der Waals surface area (Å²) >= 11 is 0. The van der Waals surface area contributed by atoms with Crippen LogP contribution in [-0.4, -0.2) is 23.9 Å². The zero-order valence-electron chi connectivity index (χ0n) is 18.1. The highest BCUT2D eigenvalue weighted by atomic mass is 15.1. The third-order valence-corrected chi connectivity index (χ3v) is 6.77. The van der Waals surface area contributed by atoms with Crippen molar-refractivity contribution in [1.29, 1.82) is 0 Å². The Labute approximate surface area is 193 Å². The molecule has 8 aromatic rings. The molecular formula is C29H17N5. The van der Waals surface area contributed by atoms with Gasteiger partial charge in [-0.1, -0.05) is 36.4 Å². The van der Waals surface area contributed by atoms with Crippen LogP contribution in [0.1, 0.15) is 0 Å². The molecule has 158 valence electrons. The molecule has 0 N–H and O–H groups in total. The Morgan fingerprint density at radius 2 is 1.32 bits per heavy atom. The summed E-state index contributed by atoms with van der Waals surface area (Å²) in [5, 5.41) is 4.58. The second kappa shape index (κ2) is 6.39. The number of imidazole rings is 1. The van der Waals surface area contributed by atoms with Gasteiger partial charge in [-0.15, -0.1) is 0 Å². The first-order valence-electron chi connectivity index (χ1n) is 11.3. The Hall–Kier alpha value is -4.77. The van der Waals surface area contributed by atoms with Gasteiger partial charge in [-0.25, -0.2) is 9.97 Å². The zero-order chi connectivity index (χ0) is 22.2. The molecule has 5 aromatic heterocycles. The highest BCUT2D eigenvalue weighted by molar-refractivity contribution is 6.20. The maximum Gasteiger partial charge on any atom is 0.165 e. The summed E-state index contributed by atoms with van der Waals surface area (Å²) in [6, 6.07) is 31.7. The lowest BCUT2D eigenvalue weighted by Gasteiger charge is -2.10. The van der Waals surface area contributed by atoms with Crippen LogP contribution in [0.2, 0.25) is 0 Å². The van der Waals surface area contributed by atoms with Gasteiger partial charge in [0.2, 0.25) is 0 Å². The van der Waals surface area contributed by atoms with E-state index in [-0.39, 0.29) is 0 Å². The largest absolute Gasteiger partial charge is 0.309 e. The Bertz CT molecular complexity index is 2070. The topological polar surface area (TPSA) is 48.0 Å². The standard InChI is InChI=1S/C29H17N5/c1-2-8-18(9-3-1)33-24-12-5-4-10-19(24)20-16-22-21(17-26(20)33)27-25(13-7-14-30-27)34-28(22)32-23-11-6-15-31-29(23)34/h1-17H. The molecule has 5 heteroatoms. The van der Waals surface area contributed by atoms with Crippen molar-refractivity contribution < 1.29 is 0 Å². The average molecular weight is 435 g/mol. The Balaban J connectivity index is 1.67. The normalized spacial score (nSPS) is 12.1. The minimum absolute atomic E-state index is 0.851. The van der Waals surface area contributed by atoms with Gasteiger partial charge in [-0.3, -0.25) is 9.38 Å². The summed E-state index contributed by atoms with van der Waals surface area (Å²) in [6.07, 6.45) is 3.68. The molecule has 0 fully saturated rings. The zero-order valence-corrected chi connectivity index (χ0v) is 18.1. The highest BCUT2D eigenvalue weighted by Crippen LogP contribution is 2.38. The number of benzene rings is 3. The molecule has 0 unspecified atom stereocenters. The molecule has 0 amide bonds. The molecule has 8 rings (SSSR count). The smallest absolute Gasteiger partial charge is 0.165 e. The van der Waals surface area contributed by atoms with Crippen LogP contribution in [0, 0.1) is 0 Å². The Morgan fingerprint density at radius 1 is 0.529 bits per heavy atom. The molecule has 0 atom stereocenters. The number of rotatable bonds is 1. The minimum Gasteiger partial charge on any atom is -0.309 e. The van der Waals surface area contributed by atoms with E-state index in [0.29, 0.717) is 0 Å². The number of hydrogen-bond acceptors (Lipinski definition) is 3. The lowest BCUT2D eigenvalue weighted by atomic mass is 10.1. The molecule has 0 aliphatic carbocycles. The van der Waals surface area contributed by atoms with E-state index in [9.17, 15) is 0 Å². The minimum atomic E-state index is 0.851. The molecule has 34 heavy (non-hydrogen) atoms. The number of fused-ring (bicyclic) bond motifs is 11. The van der Waals surface area contributed by atoms with Crippen LogP contribution in [-0.2, 0) is 0 Å². The molecule has 0 saturated carbocycles. The van der Waals surface area contributed by atoms with Crippen LogP contribution < -0.4 is 0 Å². The van der Waals surface area contributed by atoms with Crippen LogP contribution >= 0.6 is 0 Å². The number of nitrogens with zero attached hydrogens (tertiary/aromatic N) is 5. The van der Waals surface area contributed by atoms with Gasteiger partial charge in [0.15, 0.2) is 5.65 Å². The molecular weight excluding hydrogens is 418 g/mol. The van der Waals surface area contributed by atoms with Gasteiger partial charge in [-0.05, 0) is 54.6 Å². The second-order valence-electron chi connectivity index (χ2n) is 8.59. The molecule has 0 spiro atoms. The van der Waals surface area contributed by atoms with Gasteiger partial charge in [0.1, 0.15) is 11.2 Å². The summed E-state index contributed by atoms with van der Waals surface area (Å²) < 4.78 is 4.48. The summed E-state index contributed by atoms with van der Waals surface area (Å²) in [4.78, 5) is 14.5. The summed E-state index contributed by atoms with van der Waals surface area (Å²) in [7, 11) is 0. The van der Waals surface area contributed by atoms with Crippen LogP contribution in [0.15, 0.2) is 103 Å². The summed E-state index contributed by atoms with van der Waals surface area (Å²) in [5.74, 6) is 0. The monoisotopic (exact) mass is 435 g/mol. The van der Waals surface area contributed by atoms with Crippen LogP contribution in [0.3, 0.4) is 0 Å². The van der Waals surface area contributed by atoms with Gasteiger partial charge in [0, 0.05) is 39.6 Å². The van der Waals surface area contributed by atoms with Gasteiger partial charge in [-0.2, -0.15) is 0 Å². The fourth-order valence-electron chi connectivity index (χ4n) is 5.36. The molecule has 5 nitrogen and oxygen atoms in total. The fourth-order valence-corrected chi connectivity index (χ4v) is 5.36. The Morgan fingerprint density at radius 3 is 2.26 bits per heavy atom. The molecule has 0 saturated heterocycles. The average Bonchev–Trinajstić information content (AvgIpc) is 3.44. The van der Waals surface area contributed by atoms with E-state index in [1.807, 2.05) is 30.6 Å². The first kappa shape index (κ1) is 17.7. The Kier molecular flexibility index (Phi) is 3.34. The van der Waals surface area contributed by atoms with Crippen molar-refractivity contribution in [2.45, 2.75) is 0 Å². The lowest BCUT2D eigenvalue weighted by Crippen LogP contribution is -1.96. The maximum absolute atomic E-state index is 5.01. The van der Waals surface area contributed by atoms with E-state index in [4.69, 9.17) is 9.97 Å². The number of hydrogen-bond donors (Lipinski definition) is 0. The third kappa shape index (κ3) is 2.20. The van der Waals surface area contributed by atoms with Crippen molar-refractivity contribution >= 4 is 60.4 Å². The van der Waals surface area contributed by atoms with Crippen molar-refractivity contribution in [3.05, 3.63) is 103 Å². The lowest BCUT2D eigenvalue weighted by molar-refractivity contribution is 1.18. The van der Waals surface area contributed by atoms with Crippen LogP contribution in [0.4, 0.5) is 0 Å². The first-order valence-corrected chi connectivity index (χ1v) is 11.3. The van der Waals surface area contributed by atoms with Crippen molar-refractivity contribution in [2.75, 3.05) is 0 Å². The second-order valence-corrected chi connectivity index (χ2v) is 8.59. The third-order valence-electron chi connectivity index (χ3n) is 6.77. The van der Waals surface area contributed by atoms with Crippen molar-refractivity contribution in [3.63, 3.8) is 0 Å². The van der Waals surface area contributed by atoms with Gasteiger partial charge >= 0.3 is 0 Å². The maximum atomic E-state index is 5.01. The van der Waals surface area contributed by atoms with E-state index < -0.39 is 0 Å². The molecule has 5 heterocycles. The number of para-hydroxylation sites is 2. The van der Waals surface area contributed by atoms with E-state index in [0.717, 1.165) is 49.8 Å². The predicted molar refractivity (Wildman–Crippen MR) is 138 cm³/mol. The van der Waals surface area contributed by atoms with E-state index in [1.54, 1.807) is 0 Å². The SMILES string of the molecule is c1ccc(-n2c3ccccc3c3cc4c(cc32)c2ncccc2n2c3ncccc3nc42)cc1. The molecule has 3 aromatic carbocycles. The van der Waals surface area contributed by atoms with Crippen molar-refractivity contribution in [2.24, 2.45) is 0 Å². The molecule has 0 radical (unpaired) electrons. The number of pyridine rings is 3. The molecule has 0 bridgehead atoms.